The van der Waals surface area contributed by atoms with Gasteiger partial charge in [-0.05, 0) is 55.0 Å². The number of carboxylic acids is 2. The van der Waals surface area contributed by atoms with E-state index in [1.165, 1.54) is 23.9 Å². The van der Waals surface area contributed by atoms with E-state index in [0.29, 0.717) is 21.8 Å². The molecule has 4 N–H and O–H groups in total. The number of hydrogen-bond acceptors (Lipinski definition) is 7. The van der Waals surface area contributed by atoms with Gasteiger partial charge in [-0.15, -0.1) is 11.8 Å². The van der Waals surface area contributed by atoms with Gasteiger partial charge in [-0.2, -0.15) is 0 Å². The van der Waals surface area contributed by atoms with Gasteiger partial charge in [0, 0.05) is 22.7 Å². The van der Waals surface area contributed by atoms with Crippen LogP contribution in [0.3, 0.4) is 0 Å². The van der Waals surface area contributed by atoms with E-state index in [4.69, 9.17) is 5.11 Å². The SMILES string of the molecule is Cc1ccc([N+](=O)[O-])cc1NC(=O)CSc1ccc(NC(=O)c2ccc(C(=O)O)cc2C(=O)O)cc1. The van der Waals surface area contributed by atoms with Crippen LogP contribution < -0.4 is 10.6 Å². The van der Waals surface area contributed by atoms with Gasteiger partial charge in [-0.1, -0.05) is 6.07 Å². The lowest BCUT2D eigenvalue weighted by atomic mass is 10.0. The van der Waals surface area contributed by atoms with Crippen molar-refractivity contribution in [3.63, 3.8) is 0 Å². The number of carbonyl (C=O) groups is 4. The normalized spacial score (nSPS) is 10.4. The Hall–Kier alpha value is -4.71. The number of hydrogen-bond donors (Lipinski definition) is 4. The molecule has 0 aliphatic carbocycles. The summed E-state index contributed by atoms with van der Waals surface area (Å²) in [6, 6.07) is 13.8. The quantitative estimate of drug-likeness (QED) is 0.186. The van der Waals surface area contributed by atoms with Gasteiger partial charge in [-0.3, -0.25) is 19.7 Å². The zero-order valence-electron chi connectivity index (χ0n) is 18.7. The van der Waals surface area contributed by atoms with E-state index in [2.05, 4.69) is 10.6 Å². The fraction of sp³-hybridized carbons (Fsp3) is 0.0833. The third kappa shape index (κ3) is 6.45. The number of aryl methyl sites for hydroxylation is 1. The van der Waals surface area contributed by atoms with Crippen molar-refractivity contribution >= 4 is 52.6 Å². The van der Waals surface area contributed by atoms with Gasteiger partial charge in [0.05, 0.1) is 33.1 Å². The van der Waals surface area contributed by atoms with Gasteiger partial charge < -0.3 is 20.8 Å². The maximum absolute atomic E-state index is 12.6. The molecule has 0 spiro atoms. The predicted octanol–water partition coefficient (Wildman–Crippen LogP) is 4.28. The smallest absolute Gasteiger partial charge is 0.336 e. The van der Waals surface area contributed by atoms with Crippen LogP contribution in [0, 0.1) is 17.0 Å². The van der Waals surface area contributed by atoms with E-state index in [1.807, 2.05) is 0 Å². The van der Waals surface area contributed by atoms with Crippen LogP contribution in [-0.2, 0) is 4.79 Å². The van der Waals surface area contributed by atoms with Crippen LogP contribution >= 0.6 is 11.8 Å². The standard InChI is InChI=1S/C24H19N3O8S/c1-13-2-6-16(27(34)35)11-20(13)26-21(28)12-36-17-7-4-15(5-8-17)25-22(29)18-9-3-14(23(30)31)10-19(18)24(32)33/h2-11H,12H2,1H3,(H,25,29)(H,26,28)(H,30,31)(H,32,33). The first-order valence-corrected chi connectivity index (χ1v) is 11.2. The Balaban J connectivity index is 1.61. The third-order valence-corrected chi connectivity index (χ3v) is 5.94. The number of carboxylic acid groups (broad SMARTS) is 2. The van der Waals surface area contributed by atoms with E-state index in [9.17, 15) is 34.4 Å². The van der Waals surface area contributed by atoms with Crippen LogP contribution in [0.15, 0.2) is 65.6 Å². The topological polar surface area (TPSA) is 176 Å². The maximum Gasteiger partial charge on any atom is 0.336 e. The van der Waals surface area contributed by atoms with Crippen molar-refractivity contribution in [2.75, 3.05) is 16.4 Å². The van der Waals surface area contributed by atoms with Crippen LogP contribution in [-0.4, -0.2) is 44.6 Å². The number of nitrogens with zero attached hydrogens (tertiary/aromatic N) is 1. The molecule has 11 nitrogen and oxygen atoms in total. The monoisotopic (exact) mass is 509 g/mol. The van der Waals surface area contributed by atoms with Gasteiger partial charge >= 0.3 is 11.9 Å². The number of benzene rings is 3. The van der Waals surface area contributed by atoms with Crippen molar-refractivity contribution in [3.8, 4) is 0 Å². The van der Waals surface area contributed by atoms with Crippen molar-refractivity contribution in [3.05, 3.63) is 93.0 Å². The van der Waals surface area contributed by atoms with E-state index >= 15 is 0 Å². The minimum Gasteiger partial charge on any atom is -0.478 e. The maximum atomic E-state index is 12.6. The molecule has 0 saturated carbocycles. The summed E-state index contributed by atoms with van der Waals surface area (Å²) >= 11 is 1.21. The molecule has 0 atom stereocenters. The summed E-state index contributed by atoms with van der Waals surface area (Å²) in [5, 5.41) is 34.5. The van der Waals surface area contributed by atoms with E-state index in [0.717, 1.165) is 18.2 Å². The molecule has 0 heterocycles. The number of carbonyl (C=O) groups excluding carboxylic acids is 2. The fourth-order valence-electron chi connectivity index (χ4n) is 3.08. The highest BCUT2D eigenvalue weighted by atomic mass is 32.2. The molecular weight excluding hydrogens is 490 g/mol. The van der Waals surface area contributed by atoms with Gasteiger partial charge in [0.1, 0.15) is 0 Å². The predicted molar refractivity (Wildman–Crippen MR) is 132 cm³/mol. The molecule has 12 heteroatoms. The zero-order chi connectivity index (χ0) is 26.4. The first-order valence-electron chi connectivity index (χ1n) is 10.2. The number of aromatic carboxylic acids is 2. The van der Waals surface area contributed by atoms with E-state index in [1.54, 1.807) is 37.3 Å². The lowest BCUT2D eigenvalue weighted by molar-refractivity contribution is -0.384. The van der Waals surface area contributed by atoms with Crippen molar-refractivity contribution in [1.29, 1.82) is 0 Å². The second-order valence-electron chi connectivity index (χ2n) is 7.44. The molecule has 0 saturated heterocycles. The second kappa shape index (κ2) is 11.1. The Morgan fingerprint density at radius 1 is 0.889 bits per heavy atom. The minimum atomic E-state index is -1.44. The number of nitro benzene ring substituents is 1. The van der Waals surface area contributed by atoms with Gasteiger partial charge in [-0.25, -0.2) is 9.59 Å². The number of nitrogens with one attached hydrogen (secondary N) is 2. The molecule has 36 heavy (non-hydrogen) atoms. The van der Waals surface area contributed by atoms with Crippen LogP contribution in [0.5, 0.6) is 0 Å². The molecule has 2 amide bonds. The number of anilines is 2. The number of non-ortho nitro benzene ring substituents is 1. The second-order valence-corrected chi connectivity index (χ2v) is 8.49. The van der Waals surface area contributed by atoms with E-state index < -0.39 is 28.3 Å². The molecule has 0 aromatic heterocycles. The van der Waals surface area contributed by atoms with Gasteiger partial charge in [0.25, 0.3) is 11.6 Å². The van der Waals surface area contributed by atoms with Crippen molar-refractivity contribution < 1.29 is 34.3 Å². The molecule has 3 rings (SSSR count). The molecule has 0 bridgehead atoms. The highest BCUT2D eigenvalue weighted by Crippen LogP contribution is 2.24. The van der Waals surface area contributed by atoms with Crippen LogP contribution in [0.1, 0.15) is 36.6 Å². The summed E-state index contributed by atoms with van der Waals surface area (Å²) in [7, 11) is 0. The fourth-order valence-corrected chi connectivity index (χ4v) is 3.78. The summed E-state index contributed by atoms with van der Waals surface area (Å²) in [6.45, 7) is 1.72. The molecule has 0 unspecified atom stereocenters. The summed E-state index contributed by atoms with van der Waals surface area (Å²) in [6.07, 6.45) is 0. The van der Waals surface area contributed by atoms with Gasteiger partial charge in [0.2, 0.25) is 5.91 Å². The zero-order valence-corrected chi connectivity index (χ0v) is 19.5. The molecule has 0 radical (unpaired) electrons. The van der Waals surface area contributed by atoms with Crippen LogP contribution in [0.25, 0.3) is 0 Å². The molecular formula is C24H19N3O8S. The Kier molecular flexibility index (Phi) is 8.02. The third-order valence-electron chi connectivity index (χ3n) is 4.93. The molecule has 0 fully saturated rings. The Bertz CT molecular complexity index is 1370. The first kappa shape index (κ1) is 25.9. The lowest BCUT2D eigenvalue weighted by Gasteiger charge is -2.10. The van der Waals surface area contributed by atoms with Gasteiger partial charge in [0.15, 0.2) is 0 Å². The Labute approximate surface area is 208 Å². The van der Waals surface area contributed by atoms with Crippen molar-refractivity contribution in [2.45, 2.75) is 11.8 Å². The van der Waals surface area contributed by atoms with Crippen LogP contribution in [0.2, 0.25) is 0 Å². The van der Waals surface area contributed by atoms with E-state index in [-0.39, 0.29) is 28.5 Å². The summed E-state index contributed by atoms with van der Waals surface area (Å²) in [5.74, 6) is -3.80. The largest absolute Gasteiger partial charge is 0.478 e. The Morgan fingerprint density at radius 3 is 2.19 bits per heavy atom. The average molecular weight is 509 g/mol. The highest BCUT2D eigenvalue weighted by molar-refractivity contribution is 8.00. The molecule has 184 valence electrons. The first-order chi connectivity index (χ1) is 17.0. The average Bonchev–Trinajstić information content (AvgIpc) is 2.84. The molecule has 3 aromatic rings. The number of nitro groups is 1. The summed E-state index contributed by atoms with van der Waals surface area (Å²) < 4.78 is 0. The lowest BCUT2D eigenvalue weighted by Crippen LogP contribution is -2.17. The van der Waals surface area contributed by atoms with Crippen LogP contribution in [0.4, 0.5) is 17.1 Å². The number of rotatable bonds is 9. The summed E-state index contributed by atoms with van der Waals surface area (Å²) in [5.41, 5.74) is 0.375. The molecule has 3 aromatic carbocycles. The van der Waals surface area contributed by atoms with Crippen molar-refractivity contribution in [1.82, 2.24) is 0 Å². The molecule has 0 aliphatic heterocycles. The summed E-state index contributed by atoms with van der Waals surface area (Å²) in [4.78, 5) is 58.5. The molecule has 0 aliphatic rings. The minimum absolute atomic E-state index is 0.0335. The number of amides is 2. The Morgan fingerprint density at radius 2 is 1.58 bits per heavy atom. The van der Waals surface area contributed by atoms with Crippen molar-refractivity contribution in [2.24, 2.45) is 0 Å². The number of thioether (sulfide) groups is 1. The highest BCUT2D eigenvalue weighted by Gasteiger charge is 2.19.